The van der Waals surface area contributed by atoms with Crippen LogP contribution in [0, 0.1) is 5.92 Å². The molecule has 3 nitrogen and oxygen atoms in total. The second-order valence-corrected chi connectivity index (χ2v) is 5.38. The fraction of sp³-hybridized carbons (Fsp3) is 1.00. The summed E-state index contributed by atoms with van der Waals surface area (Å²) in [6.45, 7) is 2.03. The second-order valence-electron chi connectivity index (χ2n) is 3.96. The first-order valence-electron chi connectivity index (χ1n) is 5.06. The van der Waals surface area contributed by atoms with Gasteiger partial charge >= 0.3 is 0 Å². The topological polar surface area (TPSA) is 57.5 Å². The van der Waals surface area contributed by atoms with Crippen molar-refractivity contribution in [3.8, 4) is 0 Å². The lowest BCUT2D eigenvalue weighted by Gasteiger charge is -2.19. The molecule has 78 valence electrons. The molecule has 1 aliphatic rings. The van der Waals surface area contributed by atoms with Crippen LogP contribution >= 0.6 is 8.03 Å². The maximum absolute atomic E-state index is 11.1. The van der Waals surface area contributed by atoms with Gasteiger partial charge < -0.3 is 10.00 Å². The number of aliphatic hydroxyl groups is 1. The molecule has 0 heterocycles. The molecule has 0 radical (unpaired) electrons. The molecule has 0 aliphatic heterocycles. The number of hydrogen-bond donors (Lipinski definition) is 2. The Kier molecular flexibility index (Phi) is 4.43. The minimum Gasteiger partial charge on any atom is -0.393 e. The Hall–Kier alpha value is 0.150. The van der Waals surface area contributed by atoms with Crippen molar-refractivity contribution in [2.24, 2.45) is 5.92 Å². The molecule has 1 saturated carbocycles. The predicted molar refractivity (Wildman–Crippen MR) is 53.3 cm³/mol. The lowest BCUT2D eigenvalue weighted by molar-refractivity contribution is 0.176. The van der Waals surface area contributed by atoms with Gasteiger partial charge in [0.15, 0.2) is 8.03 Å². The van der Waals surface area contributed by atoms with Crippen molar-refractivity contribution in [2.75, 3.05) is 0 Å². The van der Waals surface area contributed by atoms with Gasteiger partial charge in [-0.3, -0.25) is 4.57 Å². The van der Waals surface area contributed by atoms with Crippen LogP contribution in [-0.4, -0.2) is 21.8 Å². The zero-order valence-electron chi connectivity index (χ0n) is 8.07. The number of hydrogen-bond acceptors (Lipinski definition) is 2. The summed E-state index contributed by atoms with van der Waals surface area (Å²) < 4.78 is 11.1. The highest BCUT2D eigenvalue weighted by Crippen LogP contribution is 2.41. The van der Waals surface area contributed by atoms with Crippen molar-refractivity contribution < 1.29 is 14.6 Å². The van der Waals surface area contributed by atoms with Gasteiger partial charge in [0.05, 0.1) is 6.10 Å². The van der Waals surface area contributed by atoms with Gasteiger partial charge in [-0.2, -0.15) is 0 Å². The van der Waals surface area contributed by atoms with Gasteiger partial charge in [-0.05, 0) is 31.6 Å². The zero-order valence-corrected chi connectivity index (χ0v) is 9.07. The summed E-state index contributed by atoms with van der Waals surface area (Å²) in [5.74, 6) is 0.284. The molecule has 0 saturated heterocycles. The van der Waals surface area contributed by atoms with Crippen LogP contribution in [0.4, 0.5) is 0 Å². The molecule has 0 bridgehead atoms. The molecule has 2 N–H and O–H groups in total. The van der Waals surface area contributed by atoms with Crippen LogP contribution in [0.25, 0.3) is 0 Å². The van der Waals surface area contributed by atoms with Crippen LogP contribution in [0.15, 0.2) is 0 Å². The Morgan fingerprint density at radius 1 is 1.54 bits per heavy atom. The van der Waals surface area contributed by atoms with Gasteiger partial charge in [0, 0.05) is 5.66 Å². The normalized spacial score (nSPS) is 33.2. The molecule has 0 aromatic heterocycles. The van der Waals surface area contributed by atoms with Crippen LogP contribution in [0.1, 0.15) is 39.0 Å². The summed E-state index contributed by atoms with van der Waals surface area (Å²) in [4.78, 5) is 9.15. The van der Waals surface area contributed by atoms with E-state index in [0.29, 0.717) is 0 Å². The van der Waals surface area contributed by atoms with Crippen LogP contribution < -0.4 is 0 Å². The van der Waals surface area contributed by atoms with Crippen LogP contribution in [0.3, 0.4) is 0 Å². The smallest absolute Gasteiger partial charge is 0.192 e. The van der Waals surface area contributed by atoms with E-state index in [2.05, 4.69) is 0 Å². The number of aliphatic hydroxyl groups excluding tert-OH is 1. The first kappa shape index (κ1) is 11.2. The summed E-state index contributed by atoms with van der Waals surface area (Å²) in [7, 11) is -2.40. The molecule has 0 aromatic carbocycles. The molecule has 1 rings (SSSR count). The highest BCUT2D eigenvalue weighted by atomic mass is 31.1. The predicted octanol–water partition coefficient (Wildman–Crippen LogP) is 1.78. The molecule has 13 heavy (non-hydrogen) atoms. The van der Waals surface area contributed by atoms with Gasteiger partial charge in [-0.1, -0.05) is 13.3 Å². The molecule has 4 atom stereocenters. The number of rotatable bonds is 4. The molecule has 0 aromatic rings. The first-order valence-corrected chi connectivity index (χ1v) is 6.49. The van der Waals surface area contributed by atoms with E-state index in [9.17, 15) is 9.67 Å². The van der Waals surface area contributed by atoms with Gasteiger partial charge in [-0.25, -0.2) is 0 Å². The highest BCUT2D eigenvalue weighted by Gasteiger charge is 2.31. The van der Waals surface area contributed by atoms with Crippen molar-refractivity contribution in [2.45, 2.75) is 50.8 Å². The van der Waals surface area contributed by atoms with E-state index < -0.39 is 8.03 Å². The molecule has 4 heteroatoms. The lowest BCUT2D eigenvalue weighted by atomic mass is 10.00. The Morgan fingerprint density at radius 2 is 2.23 bits per heavy atom. The summed E-state index contributed by atoms with van der Waals surface area (Å²) >= 11 is 0. The molecular weight excluding hydrogens is 187 g/mol. The van der Waals surface area contributed by atoms with Crippen molar-refractivity contribution in [3.63, 3.8) is 0 Å². The van der Waals surface area contributed by atoms with Crippen molar-refractivity contribution in [1.29, 1.82) is 0 Å². The fourth-order valence-electron chi connectivity index (χ4n) is 2.23. The Balaban J connectivity index is 2.49. The summed E-state index contributed by atoms with van der Waals surface area (Å²) in [5, 5.41) is 9.33. The maximum Gasteiger partial charge on any atom is 0.192 e. The minimum atomic E-state index is -2.40. The summed E-state index contributed by atoms with van der Waals surface area (Å²) in [5.41, 5.74) is -0.0489. The van der Waals surface area contributed by atoms with Gasteiger partial charge in [-0.15, -0.1) is 0 Å². The second kappa shape index (κ2) is 5.14. The summed E-state index contributed by atoms with van der Waals surface area (Å²) in [6, 6.07) is 0. The third-order valence-electron chi connectivity index (χ3n) is 2.93. The van der Waals surface area contributed by atoms with Gasteiger partial charge in [0.2, 0.25) is 0 Å². The fourth-order valence-corrected chi connectivity index (χ4v) is 3.47. The Morgan fingerprint density at radius 3 is 2.62 bits per heavy atom. The van der Waals surface area contributed by atoms with E-state index in [1.54, 1.807) is 0 Å². The third-order valence-corrected chi connectivity index (χ3v) is 4.33. The lowest BCUT2D eigenvalue weighted by Crippen LogP contribution is -2.15. The Bertz CT molecular complexity index is 184. The van der Waals surface area contributed by atoms with Gasteiger partial charge in [0.25, 0.3) is 0 Å². The monoisotopic (exact) mass is 206 g/mol. The zero-order chi connectivity index (χ0) is 9.84. The van der Waals surface area contributed by atoms with Gasteiger partial charge in [0.1, 0.15) is 0 Å². The average Bonchev–Trinajstić information content (AvgIpc) is 2.46. The van der Waals surface area contributed by atoms with Crippen molar-refractivity contribution in [3.05, 3.63) is 0 Å². The Labute approximate surface area is 80.0 Å². The third kappa shape index (κ3) is 3.08. The van der Waals surface area contributed by atoms with E-state index >= 15 is 0 Å². The van der Waals surface area contributed by atoms with Crippen LogP contribution in [0.2, 0.25) is 0 Å². The SMILES string of the molecule is CCCC(C1CCC(O)C1)[PH](=O)O. The van der Waals surface area contributed by atoms with Crippen LogP contribution in [0.5, 0.6) is 0 Å². The average molecular weight is 206 g/mol. The summed E-state index contributed by atoms with van der Waals surface area (Å²) in [6.07, 6.45) is 4.00. The van der Waals surface area contributed by atoms with Crippen molar-refractivity contribution >= 4 is 8.03 Å². The molecule has 1 fully saturated rings. The molecule has 0 amide bonds. The minimum absolute atomic E-state index is 0.0489. The van der Waals surface area contributed by atoms with Crippen LogP contribution in [-0.2, 0) is 4.57 Å². The molecule has 0 spiro atoms. The van der Waals surface area contributed by atoms with Crippen molar-refractivity contribution in [1.82, 2.24) is 0 Å². The van der Waals surface area contributed by atoms with E-state index in [1.165, 1.54) is 0 Å². The standard InChI is InChI=1S/C9H19O3P/c1-2-3-9(13(11)12)7-4-5-8(10)6-7/h7-10,13H,2-6H2,1H3,(H,11,12). The molecule has 4 unspecified atom stereocenters. The van der Waals surface area contributed by atoms with E-state index in [0.717, 1.165) is 32.1 Å². The van der Waals surface area contributed by atoms with E-state index in [1.807, 2.05) is 6.92 Å². The highest BCUT2D eigenvalue weighted by molar-refractivity contribution is 7.38. The van der Waals surface area contributed by atoms with E-state index in [-0.39, 0.29) is 17.7 Å². The van der Waals surface area contributed by atoms with E-state index in [4.69, 9.17) is 4.89 Å². The first-order chi connectivity index (χ1) is 6.15. The maximum atomic E-state index is 11.1. The largest absolute Gasteiger partial charge is 0.393 e. The molecular formula is C9H19O3P. The molecule has 1 aliphatic carbocycles. The quantitative estimate of drug-likeness (QED) is 0.689.